The van der Waals surface area contributed by atoms with E-state index in [0.29, 0.717) is 38.7 Å². The van der Waals surface area contributed by atoms with Crippen LogP contribution in [0.15, 0.2) is 17.1 Å². The van der Waals surface area contributed by atoms with Crippen molar-refractivity contribution < 1.29 is 22.7 Å². The molecule has 1 saturated carbocycles. The lowest BCUT2D eigenvalue weighted by atomic mass is 9.85. The number of sulfone groups is 1. The van der Waals surface area contributed by atoms with E-state index in [1.165, 1.54) is 11.2 Å². The highest BCUT2D eigenvalue weighted by atomic mass is 127. The number of hydrogen-bond acceptors (Lipinski definition) is 6. The minimum Gasteiger partial charge on any atom is -0.378 e. The molecule has 2 bridgehead atoms. The molecule has 4 unspecified atom stereocenters. The van der Waals surface area contributed by atoms with E-state index in [-0.39, 0.29) is 71.8 Å². The molecule has 2 N–H and O–H groups in total. The first-order valence-electron chi connectivity index (χ1n) is 10.1. The minimum atomic E-state index is -3.02. The molecule has 3 rings (SSSR count). The second kappa shape index (κ2) is 10.9. The molecule has 1 heterocycles. The number of likely N-dealkylation sites (tertiary alicyclic amines) is 1. The lowest BCUT2D eigenvalue weighted by Gasteiger charge is -2.18. The van der Waals surface area contributed by atoms with Gasteiger partial charge in [0.25, 0.3) is 0 Å². The lowest BCUT2D eigenvalue weighted by Crippen LogP contribution is -2.43. The van der Waals surface area contributed by atoms with E-state index < -0.39 is 9.84 Å². The maximum absolute atomic E-state index is 12.7. The maximum Gasteiger partial charge on any atom is 0.233 e. The fourth-order valence-corrected chi connectivity index (χ4v) is 4.77. The van der Waals surface area contributed by atoms with Crippen molar-refractivity contribution in [3.05, 3.63) is 12.2 Å². The van der Waals surface area contributed by atoms with Gasteiger partial charge >= 0.3 is 0 Å². The molecule has 1 saturated heterocycles. The molecule has 1 aliphatic heterocycles. The van der Waals surface area contributed by atoms with E-state index in [2.05, 4.69) is 27.8 Å². The molecule has 0 aromatic rings. The summed E-state index contributed by atoms with van der Waals surface area (Å²) in [6, 6.07) is 0. The molecule has 11 heteroatoms. The first-order valence-corrected chi connectivity index (χ1v) is 12.2. The van der Waals surface area contributed by atoms with Crippen LogP contribution in [0.25, 0.3) is 0 Å². The second-order valence-corrected chi connectivity index (χ2v) is 10.0. The van der Waals surface area contributed by atoms with Gasteiger partial charge in [0.1, 0.15) is 9.84 Å². The zero-order valence-corrected chi connectivity index (χ0v) is 20.5. The van der Waals surface area contributed by atoms with E-state index in [1.807, 2.05) is 6.92 Å². The van der Waals surface area contributed by atoms with Gasteiger partial charge in [0, 0.05) is 25.9 Å². The summed E-state index contributed by atoms with van der Waals surface area (Å²) in [6.07, 6.45) is 6.29. The van der Waals surface area contributed by atoms with Crippen molar-refractivity contribution in [1.82, 2.24) is 15.5 Å². The smallest absolute Gasteiger partial charge is 0.233 e. The molecule has 9 nitrogen and oxygen atoms in total. The zero-order chi connectivity index (χ0) is 21.0. The second-order valence-electron chi connectivity index (χ2n) is 7.76. The number of fused-ring (bicyclic) bond motifs is 5. The highest BCUT2D eigenvalue weighted by molar-refractivity contribution is 14.0. The number of aliphatic imine (C=N–C) groups is 1. The highest BCUT2D eigenvalue weighted by Gasteiger charge is 2.58. The average molecular weight is 554 g/mol. The van der Waals surface area contributed by atoms with Gasteiger partial charge in [-0.25, -0.2) is 8.42 Å². The quantitative estimate of drug-likeness (QED) is 0.0978. The summed E-state index contributed by atoms with van der Waals surface area (Å²) in [5, 5.41) is 6.23. The number of halogens is 1. The fraction of sp³-hybridized carbons (Fsp3) is 0.737. The molecule has 2 amide bonds. The van der Waals surface area contributed by atoms with Gasteiger partial charge in [0.15, 0.2) is 5.96 Å². The third-order valence-electron chi connectivity index (χ3n) is 5.64. The van der Waals surface area contributed by atoms with Crippen molar-refractivity contribution in [1.29, 1.82) is 0 Å². The van der Waals surface area contributed by atoms with E-state index in [0.717, 1.165) is 6.42 Å². The number of nitrogens with one attached hydrogen (secondary N) is 2. The lowest BCUT2D eigenvalue weighted by molar-refractivity contribution is -0.140. The van der Waals surface area contributed by atoms with Gasteiger partial charge in [-0.1, -0.05) is 12.2 Å². The Morgan fingerprint density at radius 1 is 1.17 bits per heavy atom. The van der Waals surface area contributed by atoms with Gasteiger partial charge in [-0.05, 0) is 25.2 Å². The zero-order valence-electron chi connectivity index (χ0n) is 17.4. The van der Waals surface area contributed by atoms with Gasteiger partial charge in [-0.3, -0.25) is 19.5 Å². The summed E-state index contributed by atoms with van der Waals surface area (Å²) in [5.41, 5.74) is 0. The number of allylic oxidation sites excluding steroid dienone is 2. The number of nitrogens with zero attached hydrogens (tertiary/aromatic N) is 2. The van der Waals surface area contributed by atoms with E-state index in [9.17, 15) is 18.0 Å². The van der Waals surface area contributed by atoms with Crippen molar-refractivity contribution in [2.75, 3.05) is 51.4 Å². The van der Waals surface area contributed by atoms with Crippen LogP contribution in [0.1, 0.15) is 13.3 Å². The Balaban J connectivity index is 0.00000320. The van der Waals surface area contributed by atoms with Crippen LogP contribution >= 0.6 is 24.0 Å². The SMILES string of the molecule is CCNC(=NCCOCCS(C)(=O)=O)NCCN1C(=O)C2C3C=CC(C3)C2C1=O.I. The summed E-state index contributed by atoms with van der Waals surface area (Å²) < 4.78 is 27.4. The molecular weight excluding hydrogens is 523 g/mol. The van der Waals surface area contributed by atoms with Gasteiger partial charge in [0.2, 0.25) is 11.8 Å². The van der Waals surface area contributed by atoms with Crippen LogP contribution in [0.2, 0.25) is 0 Å². The predicted molar refractivity (Wildman–Crippen MR) is 124 cm³/mol. The largest absolute Gasteiger partial charge is 0.378 e. The molecule has 2 aliphatic carbocycles. The monoisotopic (exact) mass is 554 g/mol. The summed E-state index contributed by atoms with van der Waals surface area (Å²) in [4.78, 5) is 31.1. The summed E-state index contributed by atoms with van der Waals surface area (Å²) in [6.45, 7) is 4.18. The topological polar surface area (TPSA) is 117 Å². The van der Waals surface area contributed by atoms with Crippen LogP contribution in [0, 0.1) is 23.7 Å². The number of amides is 2. The van der Waals surface area contributed by atoms with Crippen molar-refractivity contribution in [2.45, 2.75) is 13.3 Å². The van der Waals surface area contributed by atoms with Crippen LogP contribution in [0.4, 0.5) is 0 Å². The molecular formula is C19H31IN4O5S. The van der Waals surface area contributed by atoms with Crippen LogP contribution in [0.5, 0.6) is 0 Å². The third kappa shape index (κ3) is 5.94. The van der Waals surface area contributed by atoms with Gasteiger partial charge in [0.05, 0.1) is 37.3 Å². The van der Waals surface area contributed by atoms with Gasteiger partial charge in [-0.2, -0.15) is 0 Å². The van der Waals surface area contributed by atoms with Crippen molar-refractivity contribution in [2.24, 2.45) is 28.7 Å². The summed E-state index contributed by atoms with van der Waals surface area (Å²) in [5.74, 6) is 0.598. The number of carbonyl (C=O) groups is 2. The van der Waals surface area contributed by atoms with Crippen LogP contribution in [0.3, 0.4) is 0 Å². The first-order chi connectivity index (χ1) is 13.8. The van der Waals surface area contributed by atoms with E-state index >= 15 is 0 Å². The van der Waals surface area contributed by atoms with E-state index in [4.69, 9.17) is 4.74 Å². The number of carbonyl (C=O) groups excluding carboxylic acids is 2. The minimum absolute atomic E-state index is 0. The molecule has 30 heavy (non-hydrogen) atoms. The maximum atomic E-state index is 12.7. The van der Waals surface area contributed by atoms with Crippen LogP contribution in [-0.2, 0) is 24.2 Å². The Hall–Kier alpha value is -1.21. The molecule has 0 aromatic carbocycles. The fourth-order valence-electron chi connectivity index (χ4n) is 4.35. The molecule has 0 aromatic heterocycles. The average Bonchev–Trinajstić information content (AvgIpc) is 3.33. The number of hydrogen-bond donors (Lipinski definition) is 2. The molecule has 0 radical (unpaired) electrons. The standard InChI is InChI=1S/C19H30N4O5S.HI/c1-3-20-19(22-7-9-28-10-11-29(2,26)27)21-6-8-23-17(24)15-13-4-5-14(12-13)16(15)18(23)25;/h4-5,13-16H,3,6-12H2,1-2H3,(H2,20,21,22);1H. The summed E-state index contributed by atoms with van der Waals surface area (Å²) >= 11 is 0. The molecule has 4 atom stereocenters. The Labute approximate surface area is 195 Å². The number of rotatable bonds is 10. The number of imide groups is 1. The number of ether oxygens (including phenoxy) is 1. The molecule has 170 valence electrons. The van der Waals surface area contributed by atoms with Gasteiger partial charge < -0.3 is 15.4 Å². The normalized spacial score (nSPS) is 27.4. The van der Waals surface area contributed by atoms with Gasteiger partial charge in [-0.15, -0.1) is 24.0 Å². The predicted octanol–water partition coefficient (Wildman–Crippen LogP) is 0.0278. The third-order valence-corrected chi connectivity index (χ3v) is 6.55. The first kappa shape index (κ1) is 25.1. The number of guanidine groups is 1. The Morgan fingerprint density at radius 2 is 1.80 bits per heavy atom. The Bertz CT molecular complexity index is 771. The van der Waals surface area contributed by atoms with E-state index in [1.54, 1.807) is 0 Å². The summed E-state index contributed by atoms with van der Waals surface area (Å²) in [7, 11) is -3.02. The molecule has 3 aliphatic rings. The molecule has 2 fully saturated rings. The Morgan fingerprint density at radius 3 is 2.37 bits per heavy atom. The van der Waals surface area contributed by atoms with Crippen molar-refractivity contribution >= 4 is 51.6 Å². The van der Waals surface area contributed by atoms with Crippen LogP contribution in [-0.4, -0.2) is 82.5 Å². The van der Waals surface area contributed by atoms with Crippen molar-refractivity contribution in [3.8, 4) is 0 Å². The Kier molecular flexibility index (Phi) is 9.10. The highest BCUT2D eigenvalue weighted by Crippen LogP contribution is 2.52. The van der Waals surface area contributed by atoms with Crippen LogP contribution < -0.4 is 10.6 Å². The van der Waals surface area contributed by atoms with Crippen molar-refractivity contribution in [3.63, 3.8) is 0 Å². The molecule has 0 spiro atoms.